The van der Waals surface area contributed by atoms with Crippen molar-refractivity contribution in [3.05, 3.63) is 102 Å². The maximum atomic E-state index is 15.1. The zero-order valence-corrected chi connectivity index (χ0v) is 17.1. The highest BCUT2D eigenvalue weighted by molar-refractivity contribution is 6.30. The summed E-state index contributed by atoms with van der Waals surface area (Å²) in [5, 5.41) is 2.11. The zero-order chi connectivity index (χ0) is 20.9. The van der Waals surface area contributed by atoms with Gasteiger partial charge in [0.25, 0.3) is 0 Å². The molecule has 4 aromatic rings. The topological polar surface area (TPSA) is 35.0 Å². The third-order valence-corrected chi connectivity index (χ3v) is 5.14. The maximum Gasteiger partial charge on any atom is 0.159 e. The zero-order valence-electron chi connectivity index (χ0n) is 16.3. The first-order valence-corrected chi connectivity index (χ1v) is 10.0. The number of benzene rings is 3. The van der Waals surface area contributed by atoms with Crippen molar-refractivity contribution in [2.24, 2.45) is 0 Å². The molecule has 0 aliphatic carbocycles. The Hall–Kier alpha value is -3.24. The smallest absolute Gasteiger partial charge is 0.159 e. The number of halogens is 2. The van der Waals surface area contributed by atoms with E-state index in [9.17, 15) is 0 Å². The molecule has 0 atom stereocenters. The highest BCUT2D eigenvalue weighted by Crippen LogP contribution is 2.27. The van der Waals surface area contributed by atoms with Crippen LogP contribution in [0.3, 0.4) is 0 Å². The Morgan fingerprint density at radius 2 is 1.73 bits per heavy atom. The largest absolute Gasteiger partial charge is 0.486 e. The average molecular weight is 419 g/mol. The molecule has 150 valence electrons. The van der Waals surface area contributed by atoms with E-state index in [-0.39, 0.29) is 5.82 Å². The van der Waals surface area contributed by atoms with Gasteiger partial charge >= 0.3 is 0 Å². The monoisotopic (exact) mass is 418 g/mol. The molecule has 0 unspecified atom stereocenters. The van der Waals surface area contributed by atoms with Crippen molar-refractivity contribution in [1.29, 1.82) is 0 Å². The molecule has 5 heteroatoms. The van der Waals surface area contributed by atoms with Gasteiger partial charge in [-0.1, -0.05) is 60.7 Å². The Kier molecular flexibility index (Phi) is 6.05. The number of aryl methyl sites for hydroxylation is 2. The van der Waals surface area contributed by atoms with Crippen LogP contribution in [0.4, 0.5) is 4.39 Å². The molecule has 3 nitrogen and oxygen atoms in total. The van der Waals surface area contributed by atoms with E-state index in [1.54, 1.807) is 24.5 Å². The number of hydrogen-bond acceptors (Lipinski definition) is 3. The van der Waals surface area contributed by atoms with Crippen LogP contribution in [0.25, 0.3) is 22.2 Å². The molecular weight excluding hydrogens is 399 g/mol. The lowest BCUT2D eigenvalue weighted by Crippen LogP contribution is -1.97. The maximum absolute atomic E-state index is 15.1. The van der Waals surface area contributed by atoms with Crippen LogP contribution < -0.4 is 4.74 Å². The van der Waals surface area contributed by atoms with E-state index in [1.807, 2.05) is 48.5 Å². The molecule has 0 amide bonds. The molecule has 1 heterocycles. The summed E-state index contributed by atoms with van der Waals surface area (Å²) >= 11 is 5.93. The van der Waals surface area contributed by atoms with Gasteiger partial charge in [-0.2, -0.15) is 0 Å². The number of aromatic nitrogens is 2. The minimum absolute atomic E-state index is 0.179. The molecule has 0 N–H and O–H groups in total. The van der Waals surface area contributed by atoms with Crippen molar-refractivity contribution in [2.45, 2.75) is 12.8 Å². The van der Waals surface area contributed by atoms with E-state index in [4.69, 9.17) is 16.3 Å². The van der Waals surface area contributed by atoms with Crippen LogP contribution in [0.1, 0.15) is 11.1 Å². The van der Waals surface area contributed by atoms with Gasteiger partial charge in [-0.25, -0.2) is 14.4 Å². The number of hydrogen-bond donors (Lipinski definition) is 0. The van der Waals surface area contributed by atoms with Crippen LogP contribution in [-0.4, -0.2) is 16.6 Å². The van der Waals surface area contributed by atoms with Crippen molar-refractivity contribution in [2.75, 3.05) is 6.61 Å². The summed E-state index contributed by atoms with van der Waals surface area (Å²) in [4.78, 5) is 8.69. The normalized spacial score (nSPS) is 10.9. The van der Waals surface area contributed by atoms with Gasteiger partial charge in [-0.05, 0) is 47.6 Å². The van der Waals surface area contributed by atoms with Crippen molar-refractivity contribution >= 4 is 22.4 Å². The lowest BCUT2D eigenvalue weighted by Gasteiger charge is -2.09. The summed E-state index contributed by atoms with van der Waals surface area (Å²) in [7, 11) is 0. The molecule has 3 aromatic carbocycles. The van der Waals surface area contributed by atoms with E-state index in [0.717, 1.165) is 22.9 Å². The summed E-state index contributed by atoms with van der Waals surface area (Å²) in [5.41, 5.74) is 2.66. The Balaban J connectivity index is 1.54. The fourth-order valence-electron chi connectivity index (χ4n) is 3.29. The van der Waals surface area contributed by atoms with E-state index in [1.165, 1.54) is 0 Å². The Morgan fingerprint density at radius 3 is 2.47 bits per heavy atom. The molecule has 0 bridgehead atoms. The van der Waals surface area contributed by atoms with Gasteiger partial charge in [0, 0.05) is 16.0 Å². The number of rotatable bonds is 7. The second-order valence-corrected chi connectivity index (χ2v) is 7.38. The van der Waals surface area contributed by atoms with Crippen LogP contribution in [0, 0.1) is 5.82 Å². The number of fused-ring (bicyclic) bond motifs is 1. The summed E-state index contributed by atoms with van der Waals surface area (Å²) in [6, 6.07) is 17.0. The highest BCUT2D eigenvalue weighted by atomic mass is 35.5. The van der Waals surface area contributed by atoms with Gasteiger partial charge in [0.05, 0.1) is 12.4 Å². The predicted molar refractivity (Wildman–Crippen MR) is 119 cm³/mol. The van der Waals surface area contributed by atoms with Crippen LogP contribution in [-0.2, 0) is 12.8 Å². The lowest BCUT2D eigenvalue weighted by atomic mass is 9.99. The minimum atomic E-state index is -0.179. The van der Waals surface area contributed by atoms with E-state index < -0.39 is 0 Å². The fraction of sp³-hybridized carbons (Fsp3) is 0.120. The molecule has 0 aliphatic heterocycles. The van der Waals surface area contributed by atoms with Crippen LogP contribution in [0.2, 0.25) is 5.02 Å². The standard InChI is InChI=1S/C25H20ClFN2O/c1-2-13-30-22-15-28-25(29-16-22)20-9-12-23-19(14-20)8-7-18(24(23)27)6-3-17-4-10-21(26)11-5-17/h2,4-5,7-12,14-16H,1,3,6,13H2. The molecule has 1 aromatic heterocycles. The molecular formula is C25H20ClFN2O. The Morgan fingerprint density at radius 1 is 0.967 bits per heavy atom. The third kappa shape index (κ3) is 4.50. The van der Waals surface area contributed by atoms with Gasteiger partial charge in [0.15, 0.2) is 11.6 Å². The lowest BCUT2D eigenvalue weighted by molar-refractivity contribution is 0.360. The van der Waals surface area contributed by atoms with Gasteiger partial charge in [-0.15, -0.1) is 0 Å². The molecule has 4 rings (SSSR count). The van der Waals surface area contributed by atoms with Gasteiger partial charge in [0.2, 0.25) is 0 Å². The summed E-state index contributed by atoms with van der Waals surface area (Å²) in [5.74, 6) is 0.966. The number of ether oxygens (including phenoxy) is 1. The molecule has 0 fully saturated rings. The average Bonchev–Trinajstić information content (AvgIpc) is 2.78. The van der Waals surface area contributed by atoms with Crippen molar-refractivity contribution in [1.82, 2.24) is 9.97 Å². The first-order chi connectivity index (χ1) is 14.6. The van der Waals surface area contributed by atoms with Gasteiger partial charge < -0.3 is 4.74 Å². The summed E-state index contributed by atoms with van der Waals surface area (Å²) in [6.45, 7) is 4.01. The number of nitrogens with zero attached hydrogens (tertiary/aromatic N) is 2. The molecule has 0 saturated carbocycles. The second kappa shape index (κ2) is 9.06. The van der Waals surface area contributed by atoms with Gasteiger partial charge in [0.1, 0.15) is 12.4 Å². The fourth-order valence-corrected chi connectivity index (χ4v) is 3.42. The molecule has 0 radical (unpaired) electrons. The van der Waals surface area contributed by atoms with Crippen molar-refractivity contribution in [3.63, 3.8) is 0 Å². The summed E-state index contributed by atoms with van der Waals surface area (Å²) in [6.07, 6.45) is 6.29. The van der Waals surface area contributed by atoms with Crippen LogP contribution >= 0.6 is 11.6 Å². The highest BCUT2D eigenvalue weighted by Gasteiger charge is 2.10. The predicted octanol–water partition coefficient (Wildman–Crippen LogP) is 6.44. The van der Waals surface area contributed by atoms with Crippen LogP contribution in [0.5, 0.6) is 5.75 Å². The van der Waals surface area contributed by atoms with Crippen molar-refractivity contribution in [3.8, 4) is 17.1 Å². The van der Waals surface area contributed by atoms with Gasteiger partial charge in [-0.3, -0.25) is 0 Å². The second-order valence-electron chi connectivity index (χ2n) is 6.94. The van der Waals surface area contributed by atoms with Crippen molar-refractivity contribution < 1.29 is 9.13 Å². The molecule has 0 saturated heterocycles. The minimum Gasteiger partial charge on any atom is -0.486 e. The third-order valence-electron chi connectivity index (χ3n) is 4.88. The Bertz CT molecular complexity index is 1170. The SMILES string of the molecule is C=CCOc1cnc(-c2ccc3c(F)c(CCc4ccc(Cl)cc4)ccc3c2)nc1. The first-order valence-electron chi connectivity index (χ1n) is 9.66. The van der Waals surface area contributed by atoms with E-state index >= 15 is 4.39 Å². The molecule has 0 spiro atoms. The molecule has 0 aliphatic rings. The quantitative estimate of drug-likeness (QED) is 0.324. The Labute approximate surface area is 179 Å². The van der Waals surface area contributed by atoms with Crippen LogP contribution in [0.15, 0.2) is 79.6 Å². The van der Waals surface area contributed by atoms with E-state index in [0.29, 0.717) is 40.6 Å². The first kappa shape index (κ1) is 20.0. The van der Waals surface area contributed by atoms with E-state index in [2.05, 4.69) is 16.5 Å². The summed E-state index contributed by atoms with van der Waals surface area (Å²) < 4.78 is 20.5. The molecule has 30 heavy (non-hydrogen) atoms.